The van der Waals surface area contributed by atoms with Crippen molar-refractivity contribution in [2.75, 3.05) is 38.6 Å². The highest BCUT2D eigenvalue weighted by atomic mass is 32.2. The highest BCUT2D eigenvalue weighted by molar-refractivity contribution is 7.90. The van der Waals surface area contributed by atoms with Gasteiger partial charge in [0.25, 0.3) is 0 Å². The minimum absolute atomic E-state index is 0.349. The number of benzene rings is 1. The molecule has 0 bridgehead atoms. The summed E-state index contributed by atoms with van der Waals surface area (Å²) in [7, 11) is 1.42. The predicted octanol–water partition coefficient (Wildman–Crippen LogP) is 0.823. The number of rotatable bonds is 6. The summed E-state index contributed by atoms with van der Waals surface area (Å²) in [4.78, 5) is 0. The molecular formula is C12H19NO5S. The van der Waals surface area contributed by atoms with E-state index in [1.54, 1.807) is 19.2 Å². The van der Waals surface area contributed by atoms with E-state index in [0.29, 0.717) is 22.7 Å². The van der Waals surface area contributed by atoms with Gasteiger partial charge < -0.3 is 19.9 Å². The summed E-state index contributed by atoms with van der Waals surface area (Å²) in [6, 6.07) is 3.18. The molecular weight excluding hydrogens is 270 g/mol. The van der Waals surface area contributed by atoms with Crippen LogP contribution in [0.15, 0.2) is 12.1 Å². The summed E-state index contributed by atoms with van der Waals surface area (Å²) in [5.74, 6) is 0.604. The molecule has 108 valence electrons. The smallest absolute Gasteiger partial charge is 0.150 e. The summed E-state index contributed by atoms with van der Waals surface area (Å²) in [6.45, 7) is 0. The standard InChI is InChI=1S/C12H19NO5S/c1-13-12-10(17-2)5-8(6-11(12)18-3)9(14)7-19(4,15)16/h5-6,9,13-14H,7H2,1-4H3. The third kappa shape index (κ3) is 4.00. The summed E-state index contributed by atoms with van der Waals surface area (Å²) in [5.41, 5.74) is 1.07. The fraction of sp³-hybridized carbons (Fsp3) is 0.500. The second-order valence-electron chi connectivity index (χ2n) is 4.16. The summed E-state index contributed by atoms with van der Waals surface area (Å²) in [6.07, 6.45) is -0.0455. The number of ether oxygens (including phenoxy) is 2. The van der Waals surface area contributed by atoms with E-state index in [9.17, 15) is 13.5 Å². The van der Waals surface area contributed by atoms with Crippen molar-refractivity contribution in [3.63, 3.8) is 0 Å². The van der Waals surface area contributed by atoms with Gasteiger partial charge in [0.1, 0.15) is 27.0 Å². The molecule has 7 heteroatoms. The largest absolute Gasteiger partial charge is 0.494 e. The van der Waals surface area contributed by atoms with Crippen LogP contribution in [0.1, 0.15) is 11.7 Å². The van der Waals surface area contributed by atoms with Gasteiger partial charge in [-0.1, -0.05) is 0 Å². The Morgan fingerprint density at radius 3 is 2.05 bits per heavy atom. The fourth-order valence-corrected chi connectivity index (χ4v) is 2.52. The van der Waals surface area contributed by atoms with Crippen LogP contribution in [0, 0.1) is 0 Å². The molecule has 0 aliphatic rings. The first-order chi connectivity index (χ1) is 8.82. The number of nitrogens with one attached hydrogen (secondary N) is 1. The van der Waals surface area contributed by atoms with Crippen LogP contribution in [0.4, 0.5) is 5.69 Å². The molecule has 0 radical (unpaired) electrons. The van der Waals surface area contributed by atoms with Crippen LogP contribution in [0.25, 0.3) is 0 Å². The zero-order valence-electron chi connectivity index (χ0n) is 11.4. The molecule has 1 aromatic carbocycles. The van der Waals surface area contributed by atoms with Crippen LogP contribution in [0.2, 0.25) is 0 Å². The Balaban J connectivity index is 3.22. The van der Waals surface area contributed by atoms with E-state index < -0.39 is 15.9 Å². The fourth-order valence-electron chi connectivity index (χ4n) is 1.75. The highest BCUT2D eigenvalue weighted by Gasteiger charge is 2.19. The van der Waals surface area contributed by atoms with Crippen molar-refractivity contribution >= 4 is 15.5 Å². The lowest BCUT2D eigenvalue weighted by Crippen LogP contribution is -2.13. The molecule has 6 nitrogen and oxygen atoms in total. The highest BCUT2D eigenvalue weighted by Crippen LogP contribution is 2.37. The number of methoxy groups -OCH3 is 2. The lowest BCUT2D eigenvalue weighted by molar-refractivity contribution is 0.201. The Morgan fingerprint density at radius 2 is 1.74 bits per heavy atom. The van der Waals surface area contributed by atoms with Gasteiger partial charge >= 0.3 is 0 Å². The summed E-state index contributed by atoms with van der Waals surface area (Å²) < 4.78 is 32.8. The second kappa shape index (κ2) is 6.12. The number of sulfone groups is 1. The van der Waals surface area contributed by atoms with E-state index in [-0.39, 0.29) is 5.75 Å². The van der Waals surface area contributed by atoms with Crippen LogP contribution in [0.5, 0.6) is 11.5 Å². The third-order valence-corrected chi connectivity index (χ3v) is 3.54. The maximum Gasteiger partial charge on any atom is 0.150 e. The van der Waals surface area contributed by atoms with E-state index in [2.05, 4.69) is 5.32 Å². The average Bonchev–Trinajstić information content (AvgIpc) is 2.34. The molecule has 0 saturated carbocycles. The molecule has 0 amide bonds. The number of hydrogen-bond donors (Lipinski definition) is 2. The number of aliphatic hydroxyl groups is 1. The van der Waals surface area contributed by atoms with Crippen molar-refractivity contribution in [1.29, 1.82) is 0 Å². The normalized spacial score (nSPS) is 12.9. The molecule has 0 aliphatic heterocycles. The SMILES string of the molecule is CNc1c(OC)cc(C(O)CS(C)(=O)=O)cc1OC. The molecule has 0 aromatic heterocycles. The first-order valence-corrected chi connectivity index (χ1v) is 7.68. The molecule has 1 atom stereocenters. The Morgan fingerprint density at radius 1 is 1.26 bits per heavy atom. The first kappa shape index (κ1) is 15.6. The zero-order valence-corrected chi connectivity index (χ0v) is 12.2. The van der Waals surface area contributed by atoms with E-state index >= 15 is 0 Å². The van der Waals surface area contributed by atoms with E-state index in [1.807, 2.05) is 0 Å². The Bertz CT molecular complexity index is 516. The van der Waals surface area contributed by atoms with Gasteiger partial charge in [-0.2, -0.15) is 0 Å². The van der Waals surface area contributed by atoms with Gasteiger partial charge in [-0.15, -0.1) is 0 Å². The first-order valence-electron chi connectivity index (χ1n) is 5.61. The number of anilines is 1. The molecule has 0 fully saturated rings. The van der Waals surface area contributed by atoms with Gasteiger partial charge in [-0.25, -0.2) is 8.42 Å². The molecule has 1 aromatic rings. The average molecular weight is 289 g/mol. The van der Waals surface area contributed by atoms with Crippen molar-refractivity contribution in [3.05, 3.63) is 17.7 Å². The minimum Gasteiger partial charge on any atom is -0.494 e. The van der Waals surface area contributed by atoms with Crippen LogP contribution in [0.3, 0.4) is 0 Å². The van der Waals surface area contributed by atoms with Crippen LogP contribution in [-0.2, 0) is 9.84 Å². The van der Waals surface area contributed by atoms with Crippen molar-refractivity contribution < 1.29 is 23.0 Å². The van der Waals surface area contributed by atoms with E-state index in [0.717, 1.165) is 6.26 Å². The van der Waals surface area contributed by atoms with Gasteiger partial charge in [-0.05, 0) is 17.7 Å². The predicted molar refractivity (Wildman–Crippen MR) is 73.8 cm³/mol. The number of aliphatic hydroxyl groups excluding tert-OH is 1. The maximum atomic E-state index is 11.2. The second-order valence-corrected chi connectivity index (χ2v) is 6.34. The van der Waals surface area contributed by atoms with Crippen LogP contribution >= 0.6 is 0 Å². The van der Waals surface area contributed by atoms with Crippen molar-refractivity contribution in [1.82, 2.24) is 0 Å². The molecule has 19 heavy (non-hydrogen) atoms. The molecule has 0 saturated heterocycles. The van der Waals surface area contributed by atoms with Crippen LogP contribution in [-0.4, -0.2) is 46.8 Å². The van der Waals surface area contributed by atoms with Crippen molar-refractivity contribution in [2.45, 2.75) is 6.10 Å². The van der Waals surface area contributed by atoms with Crippen molar-refractivity contribution in [3.8, 4) is 11.5 Å². The van der Waals surface area contributed by atoms with E-state index in [4.69, 9.17) is 9.47 Å². The van der Waals surface area contributed by atoms with E-state index in [1.165, 1.54) is 14.2 Å². The van der Waals surface area contributed by atoms with Gasteiger partial charge in [0.2, 0.25) is 0 Å². The summed E-state index contributed by atoms with van der Waals surface area (Å²) >= 11 is 0. The van der Waals surface area contributed by atoms with Gasteiger partial charge in [0.05, 0.1) is 26.1 Å². The maximum absolute atomic E-state index is 11.2. The Hall–Kier alpha value is -1.47. The van der Waals surface area contributed by atoms with Gasteiger partial charge in [0.15, 0.2) is 0 Å². The molecule has 0 spiro atoms. The molecule has 0 heterocycles. The minimum atomic E-state index is -3.27. The molecule has 1 unspecified atom stereocenters. The third-order valence-electron chi connectivity index (χ3n) is 2.62. The van der Waals surface area contributed by atoms with Gasteiger partial charge in [0, 0.05) is 13.3 Å². The van der Waals surface area contributed by atoms with Crippen LogP contribution < -0.4 is 14.8 Å². The lowest BCUT2D eigenvalue weighted by atomic mass is 10.1. The Labute approximate surface area is 113 Å². The summed E-state index contributed by atoms with van der Waals surface area (Å²) in [5, 5.41) is 12.9. The Kier molecular flexibility index (Phi) is 5.02. The quantitative estimate of drug-likeness (QED) is 0.806. The molecule has 1 rings (SSSR count). The van der Waals surface area contributed by atoms with Crippen molar-refractivity contribution in [2.24, 2.45) is 0 Å². The van der Waals surface area contributed by atoms with Gasteiger partial charge in [-0.3, -0.25) is 0 Å². The number of hydrogen-bond acceptors (Lipinski definition) is 6. The zero-order chi connectivity index (χ0) is 14.6. The molecule has 2 N–H and O–H groups in total. The topological polar surface area (TPSA) is 84.9 Å². The lowest BCUT2D eigenvalue weighted by Gasteiger charge is -2.17. The molecule has 0 aliphatic carbocycles. The monoisotopic (exact) mass is 289 g/mol.